The van der Waals surface area contributed by atoms with Crippen molar-refractivity contribution in [1.29, 1.82) is 0 Å². The first-order chi connectivity index (χ1) is 17.5. The Hall–Kier alpha value is -1.89. The Morgan fingerprint density at radius 2 is 0.919 bits per heavy atom. The molecule has 0 rings (SSSR count). The fourth-order valence-corrected chi connectivity index (χ4v) is 4.61. The maximum atomic E-state index is 11.4. The van der Waals surface area contributed by atoms with Crippen molar-refractivity contribution in [2.45, 2.75) is 118 Å². The Kier molecular flexibility index (Phi) is 20.0. The molecule has 0 aliphatic heterocycles. The van der Waals surface area contributed by atoms with Crippen LogP contribution in [-0.2, 0) is 14.4 Å². The van der Waals surface area contributed by atoms with Gasteiger partial charge < -0.3 is 19.8 Å². The molecule has 7 heteroatoms. The molecule has 216 valence electrons. The number of hydrogen-bond donors (Lipinski definition) is 3. The molecule has 0 amide bonds. The molecule has 0 aromatic carbocycles. The number of quaternary nitrogens is 1. The van der Waals surface area contributed by atoms with Gasteiger partial charge in [0.1, 0.15) is 0 Å². The van der Waals surface area contributed by atoms with Crippen molar-refractivity contribution in [2.75, 3.05) is 26.2 Å². The van der Waals surface area contributed by atoms with E-state index in [4.69, 9.17) is 0 Å². The summed E-state index contributed by atoms with van der Waals surface area (Å²) in [6.45, 7) is 10.1. The van der Waals surface area contributed by atoms with Gasteiger partial charge in [0, 0.05) is 19.3 Å². The lowest BCUT2D eigenvalue weighted by Crippen LogP contribution is -2.52. The smallest absolute Gasteiger partial charge is 0.306 e. The molecular weight excluding hydrogens is 470 g/mol. The van der Waals surface area contributed by atoms with Crippen molar-refractivity contribution in [2.24, 2.45) is 17.8 Å². The number of hydrogen-bond acceptors (Lipinski definition) is 3. The molecule has 0 aliphatic carbocycles. The van der Waals surface area contributed by atoms with Gasteiger partial charge in [-0.15, -0.1) is 0 Å². The summed E-state index contributed by atoms with van der Waals surface area (Å²) < 4.78 is 0.607. The Morgan fingerprint density at radius 3 is 1.30 bits per heavy atom. The predicted octanol–water partition coefficient (Wildman–Crippen LogP) is 7.00. The summed E-state index contributed by atoms with van der Waals surface area (Å²) >= 11 is 0. The molecular formula is C30H56NO6+. The van der Waals surface area contributed by atoms with Crippen molar-refractivity contribution in [3.8, 4) is 0 Å². The molecule has 3 atom stereocenters. The SMILES string of the molecule is CCCCC/C=C/CCCCCCCC[N+](CCC(C)C(=O)O)(CCC(C)C(=O)O)CCC(C)C(=O)O. The second-order valence-corrected chi connectivity index (χ2v) is 11.2. The van der Waals surface area contributed by atoms with Gasteiger partial charge in [-0.2, -0.15) is 0 Å². The molecule has 0 fully saturated rings. The molecule has 0 aromatic rings. The van der Waals surface area contributed by atoms with Crippen molar-refractivity contribution < 1.29 is 34.2 Å². The number of unbranched alkanes of at least 4 members (excludes halogenated alkanes) is 9. The lowest BCUT2D eigenvalue weighted by molar-refractivity contribution is -0.929. The second-order valence-electron chi connectivity index (χ2n) is 11.2. The van der Waals surface area contributed by atoms with E-state index in [9.17, 15) is 29.7 Å². The summed E-state index contributed by atoms with van der Waals surface area (Å²) in [5.41, 5.74) is 0. The van der Waals surface area contributed by atoms with Gasteiger partial charge >= 0.3 is 17.9 Å². The predicted molar refractivity (Wildman–Crippen MR) is 150 cm³/mol. The van der Waals surface area contributed by atoms with Gasteiger partial charge in [0.05, 0.1) is 43.9 Å². The molecule has 37 heavy (non-hydrogen) atoms. The summed E-state index contributed by atoms with van der Waals surface area (Å²) in [5, 5.41) is 28.2. The van der Waals surface area contributed by atoms with Gasteiger partial charge in [0.15, 0.2) is 0 Å². The van der Waals surface area contributed by atoms with E-state index in [1.165, 1.54) is 44.9 Å². The highest BCUT2D eigenvalue weighted by molar-refractivity contribution is 5.70. The zero-order valence-corrected chi connectivity index (χ0v) is 24.1. The highest BCUT2D eigenvalue weighted by atomic mass is 16.4. The Morgan fingerprint density at radius 1 is 0.568 bits per heavy atom. The first-order valence-electron chi connectivity index (χ1n) is 14.7. The van der Waals surface area contributed by atoms with Gasteiger partial charge in [0.2, 0.25) is 0 Å². The van der Waals surface area contributed by atoms with Crippen molar-refractivity contribution in [3.05, 3.63) is 12.2 Å². The minimum atomic E-state index is -0.827. The molecule has 0 aromatic heterocycles. The van der Waals surface area contributed by atoms with Crippen LogP contribution in [0.3, 0.4) is 0 Å². The van der Waals surface area contributed by atoms with E-state index < -0.39 is 35.7 Å². The lowest BCUT2D eigenvalue weighted by Gasteiger charge is -2.40. The number of rotatable bonds is 25. The summed E-state index contributed by atoms with van der Waals surface area (Å²) in [5.74, 6) is -3.92. The molecule has 0 bridgehead atoms. The van der Waals surface area contributed by atoms with Crippen LogP contribution in [0.1, 0.15) is 118 Å². The Bertz CT molecular complexity index is 603. The molecule has 0 spiro atoms. The largest absolute Gasteiger partial charge is 0.481 e. The Labute approximate surface area is 225 Å². The number of carboxylic acid groups (broad SMARTS) is 3. The monoisotopic (exact) mass is 526 g/mol. The summed E-state index contributed by atoms with van der Waals surface area (Å²) in [7, 11) is 0. The number of carbonyl (C=O) groups is 3. The van der Waals surface area contributed by atoms with Crippen LogP contribution in [0.4, 0.5) is 0 Å². The van der Waals surface area contributed by atoms with Gasteiger partial charge in [-0.05, 0) is 38.5 Å². The van der Waals surface area contributed by atoms with Crippen molar-refractivity contribution in [3.63, 3.8) is 0 Å². The molecule has 3 N–H and O–H groups in total. The van der Waals surface area contributed by atoms with Crippen LogP contribution < -0.4 is 0 Å². The molecule has 7 nitrogen and oxygen atoms in total. The fraction of sp³-hybridized carbons (Fsp3) is 0.833. The highest BCUT2D eigenvalue weighted by Crippen LogP contribution is 2.22. The third-order valence-corrected chi connectivity index (χ3v) is 7.77. The van der Waals surface area contributed by atoms with Crippen LogP contribution in [-0.4, -0.2) is 63.9 Å². The normalized spacial score (nSPS) is 15.8. The highest BCUT2D eigenvalue weighted by Gasteiger charge is 2.31. The third kappa shape index (κ3) is 18.1. The van der Waals surface area contributed by atoms with Gasteiger partial charge in [-0.3, -0.25) is 14.4 Å². The summed E-state index contributed by atoms with van der Waals surface area (Å²) in [6, 6.07) is 0. The van der Waals surface area contributed by atoms with Gasteiger partial charge in [-0.1, -0.05) is 72.0 Å². The van der Waals surface area contributed by atoms with Crippen LogP contribution in [0.2, 0.25) is 0 Å². The first-order valence-corrected chi connectivity index (χ1v) is 14.7. The quantitative estimate of drug-likeness (QED) is 0.0670. The molecule has 0 saturated carbocycles. The number of carboxylic acids is 3. The summed E-state index contributed by atoms with van der Waals surface area (Å²) in [4.78, 5) is 34.3. The van der Waals surface area contributed by atoms with E-state index in [1.807, 2.05) is 0 Å². The minimum Gasteiger partial charge on any atom is -0.481 e. The van der Waals surface area contributed by atoms with Crippen LogP contribution >= 0.6 is 0 Å². The van der Waals surface area contributed by atoms with Crippen LogP contribution in [0.25, 0.3) is 0 Å². The van der Waals surface area contributed by atoms with Crippen molar-refractivity contribution in [1.82, 2.24) is 0 Å². The lowest BCUT2D eigenvalue weighted by atomic mass is 10.0. The van der Waals surface area contributed by atoms with Crippen LogP contribution in [0.5, 0.6) is 0 Å². The molecule has 0 aliphatic rings. The topological polar surface area (TPSA) is 112 Å². The van der Waals surface area contributed by atoms with E-state index in [0.29, 0.717) is 43.4 Å². The molecule has 0 heterocycles. The molecule has 3 unspecified atom stereocenters. The Balaban J connectivity index is 4.88. The molecule has 0 saturated heterocycles. The summed E-state index contributed by atoms with van der Waals surface area (Å²) in [6.07, 6.45) is 19.2. The average Bonchev–Trinajstić information content (AvgIpc) is 2.86. The van der Waals surface area contributed by atoms with Crippen LogP contribution in [0.15, 0.2) is 12.2 Å². The fourth-order valence-electron chi connectivity index (χ4n) is 4.61. The number of aliphatic carboxylic acids is 3. The van der Waals surface area contributed by atoms with Crippen molar-refractivity contribution >= 4 is 17.9 Å². The number of allylic oxidation sites excluding steroid dienone is 2. The maximum Gasteiger partial charge on any atom is 0.306 e. The third-order valence-electron chi connectivity index (χ3n) is 7.77. The maximum absolute atomic E-state index is 11.4. The second kappa shape index (κ2) is 21.1. The van der Waals surface area contributed by atoms with Gasteiger partial charge in [0.25, 0.3) is 0 Å². The first kappa shape index (κ1) is 35.1. The average molecular weight is 527 g/mol. The van der Waals surface area contributed by atoms with E-state index in [-0.39, 0.29) is 0 Å². The molecule has 0 radical (unpaired) electrons. The van der Waals surface area contributed by atoms with E-state index in [1.54, 1.807) is 20.8 Å². The zero-order chi connectivity index (χ0) is 28.1. The van der Waals surface area contributed by atoms with Crippen LogP contribution in [0, 0.1) is 17.8 Å². The van der Waals surface area contributed by atoms with E-state index >= 15 is 0 Å². The minimum absolute atomic E-state index is 0.480. The number of nitrogens with zero attached hydrogens (tertiary/aromatic N) is 1. The van der Waals surface area contributed by atoms with E-state index in [0.717, 1.165) is 32.2 Å². The van der Waals surface area contributed by atoms with E-state index in [2.05, 4.69) is 19.1 Å². The van der Waals surface area contributed by atoms with Gasteiger partial charge in [-0.25, -0.2) is 0 Å². The standard InChI is InChI=1S/C30H55NO6/c1-5-6-7-8-9-10-11-12-13-14-15-16-17-21-31(22-18-25(2)28(32)33,23-19-26(3)29(34)35)24-20-27(4)30(36)37/h9-10,25-27H,5-8,11-24H2,1-4H3,(H2-,32,33,34,35,36,37)/p+1/b10-9+. The zero-order valence-electron chi connectivity index (χ0n) is 24.1.